The van der Waals surface area contributed by atoms with Crippen molar-refractivity contribution in [1.29, 1.82) is 0 Å². The molecule has 1 aliphatic carbocycles. The van der Waals surface area contributed by atoms with Crippen molar-refractivity contribution in [3.05, 3.63) is 35.4 Å². The van der Waals surface area contributed by atoms with Gasteiger partial charge in [-0.05, 0) is 79.9 Å². The summed E-state index contributed by atoms with van der Waals surface area (Å²) in [6, 6.07) is 7.05. The minimum atomic E-state index is -1.68. The van der Waals surface area contributed by atoms with Gasteiger partial charge in [0, 0.05) is 17.6 Å². The normalized spacial score (nSPS) is 19.6. The number of hydrogen-bond acceptors (Lipinski definition) is 3. The van der Waals surface area contributed by atoms with Crippen LogP contribution in [-0.2, 0) is 9.16 Å². The van der Waals surface area contributed by atoms with E-state index in [0.29, 0.717) is 17.6 Å². The SMILES string of the molecule is COC(=O)c1ccc(C#CC#CC2CCC(O[Si](C)(C)C(C)(C)C)CC2)cc1. The number of rotatable bonds is 3. The fourth-order valence-corrected chi connectivity index (χ4v) is 4.39. The predicted molar refractivity (Wildman–Crippen MR) is 116 cm³/mol. The highest BCUT2D eigenvalue weighted by Crippen LogP contribution is 2.39. The van der Waals surface area contributed by atoms with Gasteiger partial charge in [-0.2, -0.15) is 0 Å². The van der Waals surface area contributed by atoms with Crippen LogP contribution in [0.3, 0.4) is 0 Å². The van der Waals surface area contributed by atoms with Gasteiger partial charge in [0.05, 0.1) is 12.7 Å². The van der Waals surface area contributed by atoms with Crippen molar-refractivity contribution in [3.8, 4) is 23.7 Å². The average Bonchev–Trinajstić information content (AvgIpc) is 2.65. The Morgan fingerprint density at radius 1 is 1.04 bits per heavy atom. The van der Waals surface area contributed by atoms with Gasteiger partial charge < -0.3 is 9.16 Å². The van der Waals surface area contributed by atoms with Crippen LogP contribution in [-0.4, -0.2) is 27.5 Å². The number of methoxy groups -OCH3 is 1. The Kier molecular flexibility index (Phi) is 7.53. The van der Waals surface area contributed by atoms with Crippen LogP contribution in [0, 0.1) is 29.6 Å². The molecule has 1 aliphatic rings. The summed E-state index contributed by atoms with van der Waals surface area (Å²) < 4.78 is 11.2. The summed E-state index contributed by atoms with van der Waals surface area (Å²) in [7, 11) is -0.310. The van der Waals surface area contributed by atoms with E-state index in [4.69, 9.17) is 4.43 Å². The van der Waals surface area contributed by atoms with Gasteiger partial charge in [0.1, 0.15) is 0 Å². The van der Waals surface area contributed by atoms with Crippen LogP contribution in [0.4, 0.5) is 0 Å². The van der Waals surface area contributed by atoms with Crippen molar-refractivity contribution in [2.24, 2.45) is 5.92 Å². The molecule has 0 saturated heterocycles. The van der Waals surface area contributed by atoms with Crippen molar-refractivity contribution < 1.29 is 14.0 Å². The topological polar surface area (TPSA) is 35.5 Å². The van der Waals surface area contributed by atoms with Crippen molar-refractivity contribution >= 4 is 14.3 Å². The van der Waals surface area contributed by atoms with E-state index in [1.54, 1.807) is 12.1 Å². The van der Waals surface area contributed by atoms with Crippen molar-refractivity contribution in [1.82, 2.24) is 0 Å². The molecule has 1 aromatic rings. The molecule has 0 spiro atoms. The molecule has 0 amide bonds. The molecule has 3 nitrogen and oxygen atoms in total. The summed E-state index contributed by atoms with van der Waals surface area (Å²) in [6.45, 7) is 11.5. The highest BCUT2D eigenvalue weighted by atomic mass is 28.4. The lowest BCUT2D eigenvalue weighted by Gasteiger charge is -2.40. The molecule has 1 aromatic carbocycles. The van der Waals surface area contributed by atoms with E-state index in [1.807, 2.05) is 12.1 Å². The summed E-state index contributed by atoms with van der Waals surface area (Å²) in [5, 5.41) is 0.258. The van der Waals surface area contributed by atoms with Gasteiger partial charge >= 0.3 is 5.97 Å². The fourth-order valence-electron chi connectivity index (χ4n) is 2.97. The maximum atomic E-state index is 11.4. The lowest BCUT2D eigenvalue weighted by molar-refractivity contribution is 0.0600. The molecule has 0 heterocycles. The maximum absolute atomic E-state index is 11.4. The Labute approximate surface area is 171 Å². The molecule has 0 bridgehead atoms. The second-order valence-corrected chi connectivity index (χ2v) is 13.7. The van der Waals surface area contributed by atoms with E-state index in [0.717, 1.165) is 31.2 Å². The number of hydrogen-bond donors (Lipinski definition) is 0. The first-order chi connectivity index (χ1) is 13.1. The van der Waals surface area contributed by atoms with Gasteiger partial charge in [-0.1, -0.05) is 32.6 Å². The van der Waals surface area contributed by atoms with E-state index < -0.39 is 8.32 Å². The first-order valence-electron chi connectivity index (χ1n) is 10.00. The van der Waals surface area contributed by atoms with Crippen LogP contribution in [0.25, 0.3) is 0 Å². The largest absolute Gasteiger partial charge is 0.465 e. The average molecular weight is 397 g/mol. The number of carbonyl (C=O) groups is 1. The number of esters is 1. The zero-order chi connectivity index (χ0) is 20.8. The molecule has 0 aliphatic heterocycles. The minimum Gasteiger partial charge on any atom is -0.465 e. The lowest BCUT2D eigenvalue weighted by atomic mass is 9.88. The van der Waals surface area contributed by atoms with Gasteiger partial charge in [0.25, 0.3) is 0 Å². The van der Waals surface area contributed by atoms with Gasteiger partial charge in [-0.15, -0.1) is 0 Å². The summed E-state index contributed by atoms with van der Waals surface area (Å²) in [6.07, 6.45) is 4.74. The van der Waals surface area contributed by atoms with Crippen LogP contribution in [0.5, 0.6) is 0 Å². The molecule has 0 atom stereocenters. The molecular formula is C24H32O3Si. The standard InChI is InChI=1S/C24H32O3Si/c1-24(2,3)28(5,6)27-22-17-13-20(14-18-22)10-8-7-9-19-11-15-21(16-12-19)23(25)26-4/h11-12,15-16,20,22H,13-14,17-18H2,1-6H3. The first kappa shape index (κ1) is 22.3. The van der Waals surface area contributed by atoms with Gasteiger partial charge in [0.15, 0.2) is 8.32 Å². The predicted octanol–water partition coefficient (Wildman–Crippen LogP) is 5.41. The van der Waals surface area contributed by atoms with Gasteiger partial charge in [-0.25, -0.2) is 4.79 Å². The fraction of sp³-hybridized carbons (Fsp3) is 0.542. The zero-order valence-corrected chi connectivity index (χ0v) is 19.0. The third-order valence-electron chi connectivity index (χ3n) is 5.79. The summed E-state index contributed by atoms with van der Waals surface area (Å²) in [4.78, 5) is 11.4. The first-order valence-corrected chi connectivity index (χ1v) is 12.9. The third kappa shape index (κ3) is 6.26. The second-order valence-electron chi connectivity index (χ2n) is 8.94. The molecule has 0 unspecified atom stereocenters. The van der Waals surface area contributed by atoms with E-state index in [1.165, 1.54) is 7.11 Å². The smallest absolute Gasteiger partial charge is 0.337 e. The monoisotopic (exact) mass is 396 g/mol. The Balaban J connectivity index is 1.84. The maximum Gasteiger partial charge on any atom is 0.337 e. The zero-order valence-electron chi connectivity index (χ0n) is 18.0. The molecule has 1 saturated carbocycles. The molecule has 150 valence electrons. The van der Waals surface area contributed by atoms with E-state index >= 15 is 0 Å². The summed E-state index contributed by atoms with van der Waals surface area (Å²) in [5.74, 6) is 12.3. The van der Waals surface area contributed by atoms with Crippen LogP contribution in [0.2, 0.25) is 18.1 Å². The van der Waals surface area contributed by atoms with E-state index in [9.17, 15) is 4.79 Å². The molecule has 4 heteroatoms. The van der Waals surface area contributed by atoms with Crippen LogP contribution in [0.15, 0.2) is 24.3 Å². The summed E-state index contributed by atoms with van der Waals surface area (Å²) >= 11 is 0. The van der Waals surface area contributed by atoms with E-state index in [2.05, 4.69) is 62.3 Å². The second kappa shape index (κ2) is 9.46. The quantitative estimate of drug-likeness (QED) is 0.389. The molecule has 0 radical (unpaired) electrons. The van der Waals surface area contributed by atoms with Gasteiger partial charge in [0.2, 0.25) is 0 Å². The van der Waals surface area contributed by atoms with Crippen molar-refractivity contribution in [3.63, 3.8) is 0 Å². The Morgan fingerprint density at radius 2 is 1.64 bits per heavy atom. The van der Waals surface area contributed by atoms with E-state index in [-0.39, 0.29) is 11.0 Å². The lowest BCUT2D eigenvalue weighted by Crippen LogP contribution is -2.44. The molecule has 28 heavy (non-hydrogen) atoms. The third-order valence-corrected chi connectivity index (χ3v) is 10.3. The number of ether oxygens (including phenoxy) is 1. The highest BCUT2D eigenvalue weighted by Gasteiger charge is 2.39. The van der Waals surface area contributed by atoms with Crippen molar-refractivity contribution in [2.75, 3.05) is 7.11 Å². The van der Waals surface area contributed by atoms with Gasteiger partial charge in [-0.3, -0.25) is 0 Å². The number of benzene rings is 1. The Bertz CT molecular complexity index is 787. The Hall–Kier alpha value is -2.01. The molecular weight excluding hydrogens is 364 g/mol. The number of carbonyl (C=O) groups excluding carboxylic acids is 1. The Morgan fingerprint density at radius 3 is 2.18 bits per heavy atom. The highest BCUT2D eigenvalue weighted by molar-refractivity contribution is 6.74. The summed E-state index contributed by atoms with van der Waals surface area (Å²) in [5.41, 5.74) is 1.37. The molecule has 0 aromatic heterocycles. The molecule has 1 fully saturated rings. The molecule has 0 N–H and O–H groups in total. The molecule has 2 rings (SSSR count). The van der Waals surface area contributed by atoms with Crippen LogP contribution in [0.1, 0.15) is 62.4 Å². The van der Waals surface area contributed by atoms with Crippen LogP contribution >= 0.6 is 0 Å². The minimum absolute atomic E-state index is 0.258. The van der Waals surface area contributed by atoms with Crippen LogP contribution < -0.4 is 0 Å². The van der Waals surface area contributed by atoms with Crippen molar-refractivity contribution in [2.45, 2.75) is 70.7 Å².